The van der Waals surface area contributed by atoms with E-state index in [1.54, 1.807) is 12.1 Å². The van der Waals surface area contributed by atoms with E-state index in [9.17, 15) is 10.1 Å². The van der Waals surface area contributed by atoms with Gasteiger partial charge in [-0.2, -0.15) is 0 Å². The van der Waals surface area contributed by atoms with Crippen molar-refractivity contribution in [2.45, 2.75) is 12.8 Å². The second-order valence-corrected chi connectivity index (χ2v) is 4.72. The van der Waals surface area contributed by atoms with Crippen molar-refractivity contribution in [2.24, 2.45) is 0 Å². The number of nitrogens with zero attached hydrogens (tertiary/aromatic N) is 2. The first-order valence-corrected chi connectivity index (χ1v) is 6.15. The quantitative estimate of drug-likeness (QED) is 0.479. The molecule has 0 fully saturated rings. The van der Waals surface area contributed by atoms with E-state index >= 15 is 0 Å². The Kier molecular flexibility index (Phi) is 3.77. The minimum Gasteiger partial charge on any atom is -0.258 e. The number of allylic oxidation sites excluding steroid dienone is 1. The van der Waals surface area contributed by atoms with Crippen molar-refractivity contribution in [2.75, 3.05) is 13.6 Å². The molecular weight excluding hydrogens is 252 g/mol. The Morgan fingerprint density at radius 3 is 2.61 bits per heavy atom. The first-order valence-electron chi connectivity index (χ1n) is 5.77. The molecule has 1 aliphatic rings. The Morgan fingerprint density at radius 2 is 2.11 bits per heavy atom. The van der Waals surface area contributed by atoms with E-state index in [1.165, 1.54) is 17.8 Å². The second-order valence-electron chi connectivity index (χ2n) is 4.31. The molecule has 1 aromatic carbocycles. The van der Waals surface area contributed by atoms with E-state index in [-0.39, 0.29) is 5.69 Å². The highest BCUT2D eigenvalue weighted by Gasteiger charge is 2.17. The van der Waals surface area contributed by atoms with Crippen LogP contribution in [0.2, 0.25) is 0 Å². The van der Waals surface area contributed by atoms with E-state index in [0.717, 1.165) is 24.9 Å². The van der Waals surface area contributed by atoms with Crippen molar-refractivity contribution in [3.8, 4) is 0 Å². The summed E-state index contributed by atoms with van der Waals surface area (Å²) in [5.74, 6) is 0. The van der Waals surface area contributed by atoms with Crippen LogP contribution in [0.3, 0.4) is 0 Å². The fourth-order valence-electron chi connectivity index (χ4n) is 1.99. The maximum absolute atomic E-state index is 10.6. The lowest BCUT2D eigenvalue weighted by Gasteiger charge is -1.99. The molecule has 0 saturated carbocycles. The molecule has 1 heterocycles. The van der Waals surface area contributed by atoms with Gasteiger partial charge in [0.2, 0.25) is 0 Å². The van der Waals surface area contributed by atoms with Gasteiger partial charge in [-0.15, -0.1) is 0 Å². The average molecular weight is 266 g/mol. The van der Waals surface area contributed by atoms with Crippen molar-refractivity contribution >= 4 is 28.0 Å². The van der Waals surface area contributed by atoms with Gasteiger partial charge >= 0.3 is 0 Å². The summed E-state index contributed by atoms with van der Waals surface area (Å²) in [6.45, 7) is 1.05. The Labute approximate surface area is 110 Å². The van der Waals surface area contributed by atoms with E-state index < -0.39 is 4.92 Å². The summed E-state index contributed by atoms with van der Waals surface area (Å²) in [5.41, 5.74) is 2.09. The van der Waals surface area contributed by atoms with Gasteiger partial charge in [0.25, 0.3) is 5.69 Å². The lowest BCUT2D eigenvalue weighted by molar-refractivity contribution is -0.487. The van der Waals surface area contributed by atoms with Crippen LogP contribution in [-0.4, -0.2) is 28.8 Å². The highest BCUT2D eigenvalue weighted by atomic mass is 35.5. The van der Waals surface area contributed by atoms with Crippen molar-refractivity contribution in [3.05, 3.63) is 46.0 Å². The molecule has 2 rings (SSSR count). The van der Waals surface area contributed by atoms with Crippen LogP contribution in [-0.2, 0) is 0 Å². The summed E-state index contributed by atoms with van der Waals surface area (Å²) in [4.78, 5) is 10.1. The SMILES string of the molecule is C[N+]1=C(/C=C(\Cl)c2ccc([N+](=O)[O-])cc2)CCC1. The molecule has 1 aliphatic heterocycles. The van der Waals surface area contributed by atoms with Crippen LogP contribution in [0.15, 0.2) is 30.3 Å². The van der Waals surface area contributed by atoms with Crippen LogP contribution in [0.1, 0.15) is 18.4 Å². The van der Waals surface area contributed by atoms with Crippen molar-refractivity contribution in [3.63, 3.8) is 0 Å². The van der Waals surface area contributed by atoms with E-state index in [2.05, 4.69) is 4.58 Å². The lowest BCUT2D eigenvalue weighted by atomic mass is 10.1. The van der Waals surface area contributed by atoms with Gasteiger partial charge in [0, 0.05) is 31.1 Å². The molecule has 0 bridgehead atoms. The third-order valence-electron chi connectivity index (χ3n) is 3.06. The predicted octanol–water partition coefficient (Wildman–Crippen LogP) is 3.05. The summed E-state index contributed by atoms with van der Waals surface area (Å²) in [5, 5.41) is 11.2. The predicted molar refractivity (Wildman–Crippen MR) is 72.2 cm³/mol. The van der Waals surface area contributed by atoms with Crippen LogP contribution >= 0.6 is 11.6 Å². The van der Waals surface area contributed by atoms with Gasteiger partial charge in [-0.25, -0.2) is 4.58 Å². The maximum Gasteiger partial charge on any atom is 0.269 e. The molecule has 94 valence electrons. The van der Waals surface area contributed by atoms with E-state index in [0.29, 0.717) is 5.03 Å². The smallest absolute Gasteiger partial charge is 0.258 e. The van der Waals surface area contributed by atoms with Crippen molar-refractivity contribution in [1.82, 2.24) is 0 Å². The molecule has 0 aromatic heterocycles. The number of non-ortho nitro benzene ring substituents is 1. The Morgan fingerprint density at radius 1 is 1.44 bits per heavy atom. The molecule has 0 aliphatic carbocycles. The maximum atomic E-state index is 10.6. The summed E-state index contributed by atoms with van der Waals surface area (Å²) >= 11 is 6.23. The van der Waals surface area contributed by atoms with Gasteiger partial charge in [-0.05, 0) is 17.7 Å². The number of rotatable bonds is 3. The fraction of sp³-hybridized carbons (Fsp3) is 0.308. The average Bonchev–Trinajstić information content (AvgIpc) is 2.75. The lowest BCUT2D eigenvalue weighted by Crippen LogP contribution is -2.06. The summed E-state index contributed by atoms with van der Waals surface area (Å²) in [6, 6.07) is 6.28. The summed E-state index contributed by atoms with van der Waals surface area (Å²) in [6.07, 6.45) is 4.11. The zero-order valence-electron chi connectivity index (χ0n) is 10.1. The standard InChI is InChI=1S/C13H14ClN2O2/c1-15-8-2-3-12(15)9-13(14)10-4-6-11(7-5-10)16(17)18/h4-7,9H,2-3,8H2,1H3/q+1/b13-9-. The number of benzene rings is 1. The highest BCUT2D eigenvalue weighted by molar-refractivity contribution is 6.50. The number of hydrogen-bond acceptors (Lipinski definition) is 2. The van der Waals surface area contributed by atoms with Gasteiger partial charge in [0.1, 0.15) is 13.6 Å². The normalized spacial score (nSPS) is 16.2. The second kappa shape index (κ2) is 5.31. The summed E-state index contributed by atoms with van der Waals surface area (Å²) < 4.78 is 2.17. The van der Waals surface area contributed by atoms with Gasteiger partial charge in [-0.1, -0.05) is 11.6 Å². The molecule has 5 heteroatoms. The van der Waals surface area contributed by atoms with E-state index in [1.807, 2.05) is 13.1 Å². The van der Waals surface area contributed by atoms with Crippen LogP contribution < -0.4 is 0 Å². The number of nitro benzene ring substituents is 1. The van der Waals surface area contributed by atoms with Crippen LogP contribution in [0.4, 0.5) is 5.69 Å². The molecule has 0 unspecified atom stereocenters. The third-order valence-corrected chi connectivity index (χ3v) is 3.39. The first-order chi connectivity index (χ1) is 8.58. The minimum atomic E-state index is -0.416. The Hall–Kier alpha value is -1.68. The van der Waals surface area contributed by atoms with E-state index in [4.69, 9.17) is 11.6 Å². The van der Waals surface area contributed by atoms with Crippen molar-refractivity contribution < 1.29 is 9.50 Å². The largest absolute Gasteiger partial charge is 0.269 e. The molecule has 0 radical (unpaired) electrons. The van der Waals surface area contributed by atoms with Gasteiger partial charge in [0.15, 0.2) is 5.71 Å². The molecule has 18 heavy (non-hydrogen) atoms. The summed E-state index contributed by atoms with van der Waals surface area (Å²) in [7, 11) is 2.04. The van der Waals surface area contributed by atoms with Crippen LogP contribution in [0.5, 0.6) is 0 Å². The Balaban J connectivity index is 2.23. The molecule has 0 atom stereocenters. The fourth-order valence-corrected chi connectivity index (χ4v) is 2.24. The zero-order chi connectivity index (χ0) is 13.1. The molecule has 0 N–H and O–H groups in total. The minimum absolute atomic E-state index is 0.0776. The Bertz CT molecular complexity index is 532. The highest BCUT2D eigenvalue weighted by Crippen LogP contribution is 2.22. The molecule has 0 saturated heterocycles. The van der Waals surface area contributed by atoms with Gasteiger partial charge in [0.05, 0.1) is 9.96 Å². The molecule has 1 aromatic rings. The van der Waals surface area contributed by atoms with Crippen LogP contribution in [0, 0.1) is 10.1 Å². The number of hydrogen-bond donors (Lipinski definition) is 0. The zero-order valence-corrected chi connectivity index (χ0v) is 10.9. The molecule has 4 nitrogen and oxygen atoms in total. The van der Waals surface area contributed by atoms with Gasteiger partial charge in [-0.3, -0.25) is 10.1 Å². The number of halogens is 1. The molecule has 0 spiro atoms. The monoisotopic (exact) mass is 265 g/mol. The first kappa shape index (κ1) is 12.8. The molecular formula is C13H14ClN2O2+. The van der Waals surface area contributed by atoms with Crippen LogP contribution in [0.25, 0.3) is 5.03 Å². The third kappa shape index (κ3) is 2.76. The molecule has 0 amide bonds. The van der Waals surface area contributed by atoms with Crippen molar-refractivity contribution in [1.29, 1.82) is 0 Å². The van der Waals surface area contributed by atoms with Gasteiger partial charge < -0.3 is 0 Å². The topological polar surface area (TPSA) is 46.1 Å². The number of nitro groups is 1.